The second-order valence-electron chi connectivity index (χ2n) is 6.61. The number of hydrogen-bond donors (Lipinski definition) is 2. The third-order valence-corrected chi connectivity index (χ3v) is 4.69. The van der Waals surface area contributed by atoms with Crippen molar-refractivity contribution in [1.29, 1.82) is 0 Å². The highest BCUT2D eigenvalue weighted by atomic mass is 19.4. The molecule has 1 atom stereocenters. The van der Waals surface area contributed by atoms with E-state index in [1.807, 2.05) is 0 Å². The molecule has 2 aromatic carbocycles. The molecule has 0 aliphatic carbocycles. The lowest BCUT2D eigenvalue weighted by Gasteiger charge is -2.18. The van der Waals surface area contributed by atoms with Gasteiger partial charge in [0.05, 0.1) is 23.2 Å². The largest absolute Gasteiger partial charge is 0.416 e. The highest BCUT2D eigenvalue weighted by molar-refractivity contribution is 6.04. The minimum Gasteiger partial charge on any atom is -0.326 e. The van der Waals surface area contributed by atoms with Crippen LogP contribution in [0.5, 0.6) is 0 Å². The van der Waals surface area contributed by atoms with E-state index in [1.165, 1.54) is 17.0 Å². The van der Waals surface area contributed by atoms with Gasteiger partial charge in [0, 0.05) is 29.7 Å². The number of hydrogen-bond acceptors (Lipinski definition) is 3. The number of amides is 2. The molecule has 0 spiro atoms. The standard InChI is InChI=1S/C19H15F3N4O2/c20-19(21,22)13-2-1-3-15(8-13)26-10-12(7-17(26)27)18(28)24-14-4-5-16-11(6-14)9-23-25-16/h1-6,8-9,12H,7,10H2,(H,23,25)(H,24,28). The first-order valence-corrected chi connectivity index (χ1v) is 8.53. The van der Waals surface area contributed by atoms with E-state index in [4.69, 9.17) is 0 Å². The molecule has 0 saturated carbocycles. The molecule has 6 nitrogen and oxygen atoms in total. The minimum atomic E-state index is -4.50. The van der Waals surface area contributed by atoms with Gasteiger partial charge in [0.25, 0.3) is 0 Å². The van der Waals surface area contributed by atoms with Crippen molar-refractivity contribution in [1.82, 2.24) is 10.2 Å². The Morgan fingerprint density at radius 2 is 2.04 bits per heavy atom. The van der Waals surface area contributed by atoms with Crippen LogP contribution in [0.3, 0.4) is 0 Å². The summed E-state index contributed by atoms with van der Waals surface area (Å²) in [5, 5.41) is 10.3. The van der Waals surface area contributed by atoms with E-state index in [0.717, 1.165) is 23.0 Å². The molecule has 0 bridgehead atoms. The first-order chi connectivity index (χ1) is 13.3. The molecule has 1 aliphatic heterocycles. The van der Waals surface area contributed by atoms with Gasteiger partial charge in [-0.25, -0.2) is 0 Å². The average molecular weight is 388 g/mol. The van der Waals surface area contributed by atoms with Crippen LogP contribution in [0.1, 0.15) is 12.0 Å². The summed E-state index contributed by atoms with van der Waals surface area (Å²) in [4.78, 5) is 26.1. The number of rotatable bonds is 3. The van der Waals surface area contributed by atoms with Crippen molar-refractivity contribution in [2.75, 3.05) is 16.8 Å². The topological polar surface area (TPSA) is 78.1 Å². The number of benzene rings is 2. The van der Waals surface area contributed by atoms with Crippen LogP contribution in [0.25, 0.3) is 10.9 Å². The van der Waals surface area contributed by atoms with Gasteiger partial charge in [-0.3, -0.25) is 14.7 Å². The Hall–Kier alpha value is -3.36. The smallest absolute Gasteiger partial charge is 0.326 e. The molecule has 1 aliphatic rings. The monoisotopic (exact) mass is 388 g/mol. The highest BCUT2D eigenvalue weighted by Gasteiger charge is 2.37. The first-order valence-electron chi connectivity index (χ1n) is 8.53. The Balaban J connectivity index is 1.49. The molecular formula is C19H15F3N4O2. The van der Waals surface area contributed by atoms with Gasteiger partial charge in [0.2, 0.25) is 11.8 Å². The van der Waals surface area contributed by atoms with Crippen molar-refractivity contribution in [2.24, 2.45) is 5.92 Å². The fraction of sp³-hybridized carbons (Fsp3) is 0.211. The highest BCUT2D eigenvalue weighted by Crippen LogP contribution is 2.33. The van der Waals surface area contributed by atoms with Crippen molar-refractivity contribution in [3.8, 4) is 0 Å². The molecule has 2 N–H and O–H groups in total. The molecule has 9 heteroatoms. The predicted octanol–water partition coefficient (Wildman–Crippen LogP) is 3.57. The number of aromatic nitrogens is 2. The van der Waals surface area contributed by atoms with E-state index in [0.29, 0.717) is 5.69 Å². The number of carbonyl (C=O) groups excluding carboxylic acids is 2. The van der Waals surface area contributed by atoms with Gasteiger partial charge < -0.3 is 10.2 Å². The van der Waals surface area contributed by atoms with Crippen molar-refractivity contribution < 1.29 is 22.8 Å². The zero-order chi connectivity index (χ0) is 19.9. The fourth-order valence-electron chi connectivity index (χ4n) is 3.25. The lowest BCUT2D eigenvalue weighted by molar-refractivity contribution is -0.137. The number of anilines is 2. The molecule has 2 heterocycles. The number of fused-ring (bicyclic) bond motifs is 1. The van der Waals surface area contributed by atoms with Crippen LogP contribution in [-0.2, 0) is 15.8 Å². The Morgan fingerprint density at radius 3 is 2.82 bits per heavy atom. The third kappa shape index (κ3) is 3.42. The Morgan fingerprint density at radius 1 is 1.21 bits per heavy atom. The van der Waals surface area contributed by atoms with Gasteiger partial charge in [-0.2, -0.15) is 18.3 Å². The molecule has 28 heavy (non-hydrogen) atoms. The SMILES string of the molecule is O=C(Nc1ccc2[nH]ncc2c1)C1CC(=O)N(c2cccc(C(F)(F)F)c2)C1. The van der Waals surface area contributed by atoms with E-state index in [9.17, 15) is 22.8 Å². The number of aromatic amines is 1. The maximum Gasteiger partial charge on any atom is 0.416 e. The second kappa shape index (κ2) is 6.66. The second-order valence-corrected chi connectivity index (χ2v) is 6.61. The van der Waals surface area contributed by atoms with Crippen molar-refractivity contribution >= 4 is 34.1 Å². The third-order valence-electron chi connectivity index (χ3n) is 4.69. The summed E-state index contributed by atoms with van der Waals surface area (Å²) in [6, 6.07) is 9.77. The van der Waals surface area contributed by atoms with Gasteiger partial charge >= 0.3 is 6.18 Å². The number of alkyl halides is 3. The van der Waals surface area contributed by atoms with Crippen LogP contribution in [0, 0.1) is 5.92 Å². The summed E-state index contributed by atoms with van der Waals surface area (Å²) in [6.45, 7) is 0.0277. The molecule has 1 saturated heterocycles. The maximum absolute atomic E-state index is 12.9. The quantitative estimate of drug-likeness (QED) is 0.720. The molecule has 0 radical (unpaired) electrons. The Labute approximate surface area is 157 Å². The number of nitrogens with one attached hydrogen (secondary N) is 2. The van der Waals surface area contributed by atoms with E-state index in [-0.39, 0.29) is 30.5 Å². The molecule has 1 fully saturated rings. The molecule has 4 rings (SSSR count). The first kappa shape index (κ1) is 18.0. The fourth-order valence-corrected chi connectivity index (χ4v) is 3.25. The summed E-state index contributed by atoms with van der Waals surface area (Å²) in [5.74, 6) is -1.39. The van der Waals surface area contributed by atoms with Crippen LogP contribution < -0.4 is 10.2 Å². The van der Waals surface area contributed by atoms with E-state index >= 15 is 0 Å². The molecule has 2 amide bonds. The van der Waals surface area contributed by atoms with Crippen molar-refractivity contribution in [3.05, 3.63) is 54.2 Å². The van der Waals surface area contributed by atoms with E-state index in [2.05, 4.69) is 15.5 Å². The number of H-pyrrole nitrogens is 1. The maximum atomic E-state index is 12.9. The van der Waals surface area contributed by atoms with Crippen molar-refractivity contribution in [3.63, 3.8) is 0 Å². The normalized spacial score (nSPS) is 17.3. The zero-order valence-corrected chi connectivity index (χ0v) is 14.5. The Kier molecular flexibility index (Phi) is 4.29. The minimum absolute atomic E-state index is 0.0277. The summed E-state index contributed by atoms with van der Waals surface area (Å²) in [5.41, 5.74) is 0.683. The molecule has 3 aromatic rings. The van der Waals surface area contributed by atoms with Crippen LogP contribution in [0.15, 0.2) is 48.7 Å². The number of nitrogens with zero attached hydrogens (tertiary/aromatic N) is 2. The summed E-state index contributed by atoms with van der Waals surface area (Å²) in [7, 11) is 0. The van der Waals surface area contributed by atoms with Crippen LogP contribution >= 0.6 is 0 Å². The van der Waals surface area contributed by atoms with Crippen LogP contribution in [-0.4, -0.2) is 28.6 Å². The molecular weight excluding hydrogens is 373 g/mol. The van der Waals surface area contributed by atoms with Crippen LogP contribution in [0.2, 0.25) is 0 Å². The predicted molar refractivity (Wildman–Crippen MR) is 96.6 cm³/mol. The lowest BCUT2D eigenvalue weighted by Crippen LogP contribution is -2.28. The molecule has 144 valence electrons. The van der Waals surface area contributed by atoms with Gasteiger partial charge in [-0.15, -0.1) is 0 Å². The molecule has 1 unspecified atom stereocenters. The number of halogens is 3. The summed E-state index contributed by atoms with van der Waals surface area (Å²) >= 11 is 0. The number of carbonyl (C=O) groups is 2. The zero-order valence-electron chi connectivity index (χ0n) is 14.5. The van der Waals surface area contributed by atoms with Gasteiger partial charge in [0.1, 0.15) is 0 Å². The average Bonchev–Trinajstić information content (AvgIpc) is 3.27. The van der Waals surface area contributed by atoms with Gasteiger partial charge in [0.15, 0.2) is 0 Å². The van der Waals surface area contributed by atoms with Crippen LogP contribution in [0.4, 0.5) is 24.5 Å². The van der Waals surface area contributed by atoms with E-state index < -0.39 is 17.7 Å². The summed E-state index contributed by atoms with van der Waals surface area (Å²) < 4.78 is 38.7. The van der Waals surface area contributed by atoms with Gasteiger partial charge in [-0.1, -0.05) is 6.07 Å². The Bertz CT molecular complexity index is 1060. The lowest BCUT2D eigenvalue weighted by atomic mass is 10.1. The molecule has 1 aromatic heterocycles. The van der Waals surface area contributed by atoms with Crippen molar-refractivity contribution in [2.45, 2.75) is 12.6 Å². The van der Waals surface area contributed by atoms with E-state index in [1.54, 1.807) is 24.4 Å². The summed E-state index contributed by atoms with van der Waals surface area (Å²) in [6.07, 6.45) is -2.93. The van der Waals surface area contributed by atoms with Gasteiger partial charge in [-0.05, 0) is 36.4 Å².